The van der Waals surface area contributed by atoms with Gasteiger partial charge in [0.15, 0.2) is 5.82 Å². The van der Waals surface area contributed by atoms with E-state index in [1.54, 1.807) is 0 Å². The predicted molar refractivity (Wildman–Crippen MR) is 174 cm³/mol. The largest absolute Gasteiger partial charge is 0.309 e. The first-order chi connectivity index (χ1) is 20.8. The summed E-state index contributed by atoms with van der Waals surface area (Å²) < 4.78 is 4.65. The van der Waals surface area contributed by atoms with Crippen LogP contribution in [0.5, 0.6) is 0 Å². The number of fused-ring (bicyclic) bond motifs is 8. The van der Waals surface area contributed by atoms with E-state index in [0.717, 1.165) is 33.8 Å². The third-order valence-electron chi connectivity index (χ3n) is 8.39. The van der Waals surface area contributed by atoms with Crippen molar-refractivity contribution in [2.24, 2.45) is 0 Å². The van der Waals surface area contributed by atoms with E-state index in [1.807, 2.05) is 30.6 Å². The highest BCUT2D eigenvalue weighted by Crippen LogP contribution is 2.40. The molecule has 3 heterocycles. The molecular formula is C38H24N4. The molecule has 0 unspecified atom stereocenters. The lowest BCUT2D eigenvalue weighted by atomic mass is 10.0. The minimum Gasteiger partial charge on any atom is -0.309 e. The zero-order valence-electron chi connectivity index (χ0n) is 22.6. The Kier molecular flexibility index (Phi) is 4.87. The highest BCUT2D eigenvalue weighted by atomic mass is 15.1. The summed E-state index contributed by atoms with van der Waals surface area (Å²) in [6, 6.07) is 47.3. The van der Waals surface area contributed by atoms with Crippen LogP contribution in [0, 0.1) is 0 Å². The Balaban J connectivity index is 1.38. The highest BCUT2D eigenvalue weighted by molar-refractivity contribution is 6.22. The van der Waals surface area contributed by atoms with Crippen molar-refractivity contribution in [2.75, 3.05) is 0 Å². The fourth-order valence-corrected chi connectivity index (χ4v) is 6.53. The van der Waals surface area contributed by atoms with Crippen molar-refractivity contribution in [3.63, 3.8) is 0 Å². The van der Waals surface area contributed by atoms with E-state index in [9.17, 15) is 0 Å². The lowest BCUT2D eigenvalue weighted by Gasteiger charge is -2.11. The zero-order chi connectivity index (χ0) is 27.6. The second-order valence-corrected chi connectivity index (χ2v) is 10.7. The van der Waals surface area contributed by atoms with Gasteiger partial charge in [-0.25, -0.2) is 4.98 Å². The first-order valence-electron chi connectivity index (χ1n) is 14.2. The molecule has 0 N–H and O–H groups in total. The topological polar surface area (TPSA) is 35.6 Å². The first-order valence-corrected chi connectivity index (χ1v) is 14.2. The summed E-state index contributed by atoms with van der Waals surface area (Å²) in [7, 11) is 0. The standard InChI is InChI=1S/C38H24N4/c1-3-11-25(12-4-1)33-23-40-37(24-39-33)42-35-18-10-7-15-28(35)30-20-19-26-21-36-32(22-31(26)38(30)42)29-16-8-9-17-34(29)41(36)27-13-5-2-6-14-27/h1-24H. The number of aromatic nitrogens is 4. The van der Waals surface area contributed by atoms with Crippen molar-refractivity contribution >= 4 is 54.4 Å². The second-order valence-electron chi connectivity index (χ2n) is 10.7. The Morgan fingerprint density at radius 3 is 1.83 bits per heavy atom. The maximum Gasteiger partial charge on any atom is 0.156 e. The lowest BCUT2D eigenvalue weighted by Crippen LogP contribution is -1.99. The van der Waals surface area contributed by atoms with Gasteiger partial charge in [0.1, 0.15) is 0 Å². The molecule has 0 fully saturated rings. The van der Waals surface area contributed by atoms with Crippen LogP contribution in [0.3, 0.4) is 0 Å². The van der Waals surface area contributed by atoms with Crippen LogP contribution in [0.15, 0.2) is 146 Å². The molecule has 0 spiro atoms. The van der Waals surface area contributed by atoms with Crippen molar-refractivity contribution in [2.45, 2.75) is 0 Å². The molecule has 0 amide bonds. The Hall–Kier alpha value is -5.74. The second kappa shape index (κ2) is 8.88. The van der Waals surface area contributed by atoms with Crippen molar-refractivity contribution in [1.29, 1.82) is 0 Å². The molecule has 0 saturated heterocycles. The number of rotatable bonds is 3. The number of hydrogen-bond acceptors (Lipinski definition) is 2. The summed E-state index contributed by atoms with van der Waals surface area (Å²) >= 11 is 0. The van der Waals surface area contributed by atoms with Crippen molar-refractivity contribution < 1.29 is 0 Å². The quantitative estimate of drug-likeness (QED) is 0.225. The fraction of sp³-hybridized carbons (Fsp3) is 0. The number of nitrogens with zero attached hydrogens (tertiary/aromatic N) is 4. The molecule has 6 aromatic carbocycles. The molecule has 0 bridgehead atoms. The molecule has 3 aromatic heterocycles. The first kappa shape index (κ1) is 23.0. The maximum absolute atomic E-state index is 4.96. The van der Waals surface area contributed by atoms with Gasteiger partial charge in [-0.2, -0.15) is 0 Å². The summed E-state index contributed by atoms with van der Waals surface area (Å²) in [4.78, 5) is 9.80. The van der Waals surface area contributed by atoms with Crippen LogP contribution in [0.1, 0.15) is 0 Å². The van der Waals surface area contributed by atoms with E-state index in [-0.39, 0.29) is 0 Å². The maximum atomic E-state index is 4.96. The summed E-state index contributed by atoms with van der Waals surface area (Å²) in [5.74, 6) is 0.806. The molecule has 0 atom stereocenters. The molecule has 9 aromatic rings. The van der Waals surface area contributed by atoms with Crippen molar-refractivity contribution in [1.82, 2.24) is 19.1 Å². The Bertz CT molecular complexity index is 2430. The monoisotopic (exact) mass is 536 g/mol. The summed E-state index contributed by atoms with van der Waals surface area (Å²) in [6.45, 7) is 0. The van der Waals surface area contributed by atoms with E-state index in [0.29, 0.717) is 0 Å². The fourth-order valence-electron chi connectivity index (χ4n) is 6.53. The molecule has 0 aliphatic heterocycles. The normalized spacial score (nSPS) is 11.8. The van der Waals surface area contributed by atoms with Crippen molar-refractivity contribution in [3.8, 4) is 22.8 Å². The van der Waals surface area contributed by atoms with Gasteiger partial charge in [0.25, 0.3) is 0 Å². The minimum atomic E-state index is 0.806. The van der Waals surface area contributed by atoms with Gasteiger partial charge in [0.05, 0.1) is 40.2 Å². The van der Waals surface area contributed by atoms with E-state index in [1.165, 1.54) is 43.4 Å². The van der Waals surface area contributed by atoms with Crippen LogP contribution in [0.4, 0.5) is 0 Å². The Labute approximate surface area is 241 Å². The number of benzene rings is 6. The molecule has 9 rings (SSSR count). The Morgan fingerprint density at radius 1 is 0.429 bits per heavy atom. The molecular weight excluding hydrogens is 512 g/mol. The molecule has 0 radical (unpaired) electrons. The van der Waals surface area contributed by atoms with E-state index < -0.39 is 0 Å². The van der Waals surface area contributed by atoms with Crippen LogP contribution in [-0.2, 0) is 0 Å². The molecule has 0 saturated carbocycles. The van der Waals surface area contributed by atoms with Gasteiger partial charge in [-0.05, 0) is 41.8 Å². The van der Waals surface area contributed by atoms with E-state index in [2.05, 4.69) is 124 Å². The third kappa shape index (κ3) is 3.29. The zero-order valence-corrected chi connectivity index (χ0v) is 22.6. The molecule has 0 aliphatic rings. The minimum absolute atomic E-state index is 0.806. The van der Waals surface area contributed by atoms with Crippen LogP contribution in [0.2, 0.25) is 0 Å². The smallest absolute Gasteiger partial charge is 0.156 e. The third-order valence-corrected chi connectivity index (χ3v) is 8.39. The Morgan fingerprint density at radius 2 is 1.10 bits per heavy atom. The van der Waals surface area contributed by atoms with Crippen LogP contribution in [-0.4, -0.2) is 19.1 Å². The average Bonchev–Trinajstić information content (AvgIpc) is 3.57. The number of para-hydroxylation sites is 3. The molecule has 0 aliphatic carbocycles. The molecule has 196 valence electrons. The molecule has 4 heteroatoms. The molecule has 4 nitrogen and oxygen atoms in total. The average molecular weight is 537 g/mol. The van der Waals surface area contributed by atoms with Gasteiger partial charge in [0, 0.05) is 38.2 Å². The van der Waals surface area contributed by atoms with Gasteiger partial charge >= 0.3 is 0 Å². The van der Waals surface area contributed by atoms with Crippen LogP contribution >= 0.6 is 0 Å². The summed E-state index contributed by atoms with van der Waals surface area (Å²) in [5, 5.41) is 7.27. The van der Waals surface area contributed by atoms with Crippen LogP contribution < -0.4 is 0 Å². The van der Waals surface area contributed by atoms with Gasteiger partial charge < -0.3 is 4.57 Å². The van der Waals surface area contributed by atoms with Gasteiger partial charge in [-0.3, -0.25) is 9.55 Å². The predicted octanol–water partition coefficient (Wildman–Crippen LogP) is 9.49. The van der Waals surface area contributed by atoms with E-state index in [4.69, 9.17) is 9.97 Å². The SMILES string of the molecule is c1ccc(-c2cnc(-n3c4ccccc4c4ccc5cc6c(cc5c43)c3ccccc3n6-c3ccccc3)cn2)cc1. The molecule has 42 heavy (non-hydrogen) atoms. The summed E-state index contributed by atoms with van der Waals surface area (Å²) in [6.07, 6.45) is 3.77. The number of hydrogen-bond donors (Lipinski definition) is 0. The summed E-state index contributed by atoms with van der Waals surface area (Å²) in [5.41, 5.74) is 7.74. The van der Waals surface area contributed by atoms with Crippen LogP contribution in [0.25, 0.3) is 77.1 Å². The van der Waals surface area contributed by atoms with Gasteiger partial charge in [0.2, 0.25) is 0 Å². The van der Waals surface area contributed by atoms with Gasteiger partial charge in [-0.1, -0.05) is 97.1 Å². The van der Waals surface area contributed by atoms with Crippen molar-refractivity contribution in [3.05, 3.63) is 146 Å². The highest BCUT2D eigenvalue weighted by Gasteiger charge is 2.19. The van der Waals surface area contributed by atoms with E-state index >= 15 is 0 Å². The van der Waals surface area contributed by atoms with Gasteiger partial charge in [-0.15, -0.1) is 0 Å². The lowest BCUT2D eigenvalue weighted by molar-refractivity contribution is 1.05.